The van der Waals surface area contributed by atoms with Crippen molar-refractivity contribution in [1.82, 2.24) is 20.3 Å². The van der Waals surface area contributed by atoms with Crippen LogP contribution in [0.15, 0.2) is 24.3 Å². The predicted octanol–water partition coefficient (Wildman–Crippen LogP) is 2.77. The number of rotatable bonds is 24. The molecule has 1 amide bonds. The first-order valence-corrected chi connectivity index (χ1v) is 14.5. The van der Waals surface area contributed by atoms with Crippen molar-refractivity contribution in [2.75, 3.05) is 75.2 Å². The second kappa shape index (κ2) is 21.7. The SMILES string of the molecule is CCCCCCCCNc1nc(NCCCO)nc(NCc2ccc(C(=O)NCCOCCOCCN)cc2)n1. The first-order valence-electron chi connectivity index (χ1n) is 14.5. The Kier molecular flexibility index (Phi) is 18.0. The van der Waals surface area contributed by atoms with E-state index in [9.17, 15) is 4.79 Å². The zero-order chi connectivity index (χ0) is 28.7. The number of carbonyl (C=O) groups excluding carboxylic acids is 1. The molecule has 0 radical (unpaired) electrons. The molecular weight excluding hydrogens is 512 g/mol. The highest BCUT2D eigenvalue weighted by Crippen LogP contribution is 2.13. The minimum atomic E-state index is -0.153. The van der Waals surface area contributed by atoms with Crippen LogP contribution in [0.4, 0.5) is 17.8 Å². The zero-order valence-corrected chi connectivity index (χ0v) is 23.9. The van der Waals surface area contributed by atoms with E-state index in [0.29, 0.717) is 82.4 Å². The Morgan fingerprint density at radius 2 is 1.38 bits per heavy atom. The van der Waals surface area contributed by atoms with E-state index in [1.807, 2.05) is 12.1 Å². The lowest BCUT2D eigenvalue weighted by molar-refractivity contribution is 0.0511. The van der Waals surface area contributed by atoms with E-state index in [2.05, 4.69) is 43.1 Å². The van der Waals surface area contributed by atoms with Gasteiger partial charge in [0.05, 0.1) is 26.4 Å². The Bertz CT molecular complexity index is 933. The molecule has 0 aliphatic heterocycles. The highest BCUT2D eigenvalue weighted by atomic mass is 16.5. The van der Waals surface area contributed by atoms with Gasteiger partial charge >= 0.3 is 0 Å². The molecule has 7 N–H and O–H groups in total. The molecular formula is C28H48N8O4. The van der Waals surface area contributed by atoms with Crippen molar-refractivity contribution in [1.29, 1.82) is 0 Å². The molecule has 1 heterocycles. The van der Waals surface area contributed by atoms with E-state index < -0.39 is 0 Å². The van der Waals surface area contributed by atoms with Gasteiger partial charge in [-0.2, -0.15) is 15.0 Å². The van der Waals surface area contributed by atoms with Crippen molar-refractivity contribution < 1.29 is 19.4 Å². The molecule has 1 aromatic heterocycles. The standard InChI is InChI=1S/C28H48N8O4/c1-2-3-4-5-6-7-14-31-26-34-27(32-15-8-17-37)36-28(35-26)33-22-23-9-11-24(12-10-23)25(38)30-16-19-40-21-20-39-18-13-29/h9-12,37H,2-8,13-22,29H2,1H3,(H,30,38)(H3,31,32,33,34,35,36). The molecule has 0 spiro atoms. The van der Waals surface area contributed by atoms with E-state index in [-0.39, 0.29) is 12.5 Å². The number of ether oxygens (including phenoxy) is 2. The first-order chi connectivity index (χ1) is 19.7. The molecule has 2 aromatic rings. The number of unbranched alkanes of at least 4 members (excludes halogenated alkanes) is 5. The number of anilines is 3. The number of benzene rings is 1. The van der Waals surface area contributed by atoms with Gasteiger partial charge in [0.1, 0.15) is 0 Å². The summed E-state index contributed by atoms with van der Waals surface area (Å²) in [7, 11) is 0. The number of hydrogen-bond acceptors (Lipinski definition) is 11. The van der Waals surface area contributed by atoms with Gasteiger partial charge in [-0.05, 0) is 30.5 Å². The average Bonchev–Trinajstić information content (AvgIpc) is 2.97. The minimum absolute atomic E-state index is 0.0964. The topological polar surface area (TPSA) is 169 Å². The van der Waals surface area contributed by atoms with Gasteiger partial charge in [0.25, 0.3) is 5.91 Å². The monoisotopic (exact) mass is 560 g/mol. The number of nitrogens with two attached hydrogens (primary N) is 1. The Hall–Kier alpha value is -3.06. The van der Waals surface area contributed by atoms with Gasteiger partial charge < -0.3 is 41.6 Å². The van der Waals surface area contributed by atoms with Crippen LogP contribution in [0.5, 0.6) is 0 Å². The second-order valence-corrected chi connectivity index (χ2v) is 9.32. The van der Waals surface area contributed by atoms with Gasteiger partial charge in [0.2, 0.25) is 17.8 Å². The molecule has 0 bridgehead atoms. The predicted molar refractivity (Wildman–Crippen MR) is 159 cm³/mol. The van der Waals surface area contributed by atoms with Crippen LogP contribution in [-0.2, 0) is 16.0 Å². The van der Waals surface area contributed by atoms with Crippen LogP contribution >= 0.6 is 0 Å². The van der Waals surface area contributed by atoms with Gasteiger partial charge in [-0.15, -0.1) is 0 Å². The zero-order valence-electron chi connectivity index (χ0n) is 23.9. The molecule has 0 aliphatic carbocycles. The highest BCUT2D eigenvalue weighted by molar-refractivity contribution is 5.94. The smallest absolute Gasteiger partial charge is 0.251 e. The fourth-order valence-corrected chi connectivity index (χ4v) is 3.70. The van der Waals surface area contributed by atoms with Crippen molar-refractivity contribution in [2.45, 2.75) is 58.4 Å². The van der Waals surface area contributed by atoms with E-state index in [1.165, 1.54) is 32.1 Å². The Morgan fingerprint density at radius 3 is 2.02 bits per heavy atom. The molecule has 0 aliphatic rings. The van der Waals surface area contributed by atoms with E-state index in [1.54, 1.807) is 12.1 Å². The number of aromatic nitrogens is 3. The number of aliphatic hydroxyl groups excluding tert-OH is 1. The van der Waals surface area contributed by atoms with Crippen LogP contribution in [0.25, 0.3) is 0 Å². The largest absolute Gasteiger partial charge is 0.396 e. The number of nitrogens with zero attached hydrogens (tertiary/aromatic N) is 3. The maximum absolute atomic E-state index is 12.4. The van der Waals surface area contributed by atoms with E-state index in [4.69, 9.17) is 20.3 Å². The number of amides is 1. The molecule has 0 atom stereocenters. The fourth-order valence-electron chi connectivity index (χ4n) is 3.70. The Labute approximate surface area is 238 Å². The summed E-state index contributed by atoms with van der Waals surface area (Å²) in [5.74, 6) is 1.26. The fraction of sp³-hybridized carbons (Fsp3) is 0.643. The van der Waals surface area contributed by atoms with Crippen molar-refractivity contribution in [3.63, 3.8) is 0 Å². The summed E-state index contributed by atoms with van der Waals surface area (Å²) < 4.78 is 10.7. The third kappa shape index (κ3) is 14.9. The van der Waals surface area contributed by atoms with Crippen LogP contribution in [0.1, 0.15) is 67.8 Å². The molecule has 40 heavy (non-hydrogen) atoms. The Balaban J connectivity index is 1.81. The number of aliphatic hydroxyl groups is 1. The van der Waals surface area contributed by atoms with E-state index in [0.717, 1.165) is 18.5 Å². The lowest BCUT2D eigenvalue weighted by Gasteiger charge is -2.12. The summed E-state index contributed by atoms with van der Waals surface area (Å²) in [6.07, 6.45) is 7.90. The molecule has 0 unspecified atom stereocenters. The summed E-state index contributed by atoms with van der Waals surface area (Å²) in [5.41, 5.74) is 6.91. The van der Waals surface area contributed by atoms with Gasteiger partial charge in [-0.1, -0.05) is 51.2 Å². The second-order valence-electron chi connectivity index (χ2n) is 9.32. The normalized spacial score (nSPS) is 10.9. The maximum atomic E-state index is 12.4. The highest BCUT2D eigenvalue weighted by Gasteiger charge is 2.08. The van der Waals surface area contributed by atoms with Crippen LogP contribution < -0.4 is 27.0 Å². The van der Waals surface area contributed by atoms with Crippen molar-refractivity contribution in [2.24, 2.45) is 5.73 Å². The number of carbonyl (C=O) groups is 1. The van der Waals surface area contributed by atoms with Crippen molar-refractivity contribution >= 4 is 23.8 Å². The molecule has 12 nitrogen and oxygen atoms in total. The molecule has 1 aromatic carbocycles. The lowest BCUT2D eigenvalue weighted by atomic mass is 10.1. The lowest BCUT2D eigenvalue weighted by Crippen LogP contribution is -2.27. The summed E-state index contributed by atoms with van der Waals surface area (Å²) in [6, 6.07) is 7.37. The summed E-state index contributed by atoms with van der Waals surface area (Å²) >= 11 is 0. The molecule has 0 saturated carbocycles. The number of nitrogens with one attached hydrogen (secondary N) is 4. The third-order valence-electron chi connectivity index (χ3n) is 5.90. The molecule has 0 fully saturated rings. The minimum Gasteiger partial charge on any atom is -0.396 e. The summed E-state index contributed by atoms with van der Waals surface area (Å²) in [6.45, 7) is 6.96. The van der Waals surface area contributed by atoms with Crippen LogP contribution in [0.3, 0.4) is 0 Å². The summed E-state index contributed by atoms with van der Waals surface area (Å²) in [5, 5.41) is 21.6. The maximum Gasteiger partial charge on any atom is 0.251 e. The van der Waals surface area contributed by atoms with Gasteiger partial charge in [0.15, 0.2) is 0 Å². The van der Waals surface area contributed by atoms with Crippen molar-refractivity contribution in [3.05, 3.63) is 35.4 Å². The summed E-state index contributed by atoms with van der Waals surface area (Å²) in [4.78, 5) is 25.8. The van der Waals surface area contributed by atoms with Gasteiger partial charge in [0, 0.05) is 44.9 Å². The molecule has 2 rings (SSSR count). The van der Waals surface area contributed by atoms with Gasteiger partial charge in [-0.3, -0.25) is 4.79 Å². The van der Waals surface area contributed by atoms with Crippen molar-refractivity contribution in [3.8, 4) is 0 Å². The molecule has 224 valence electrons. The quantitative estimate of drug-likeness (QED) is 0.104. The number of hydrogen-bond donors (Lipinski definition) is 6. The Morgan fingerprint density at radius 1 is 0.775 bits per heavy atom. The molecule has 0 saturated heterocycles. The average molecular weight is 561 g/mol. The van der Waals surface area contributed by atoms with E-state index >= 15 is 0 Å². The third-order valence-corrected chi connectivity index (χ3v) is 5.90. The first kappa shape index (κ1) is 33.1. The van der Waals surface area contributed by atoms with Crippen LogP contribution in [-0.4, -0.2) is 85.2 Å². The van der Waals surface area contributed by atoms with Crippen LogP contribution in [0.2, 0.25) is 0 Å². The van der Waals surface area contributed by atoms with Crippen LogP contribution in [0, 0.1) is 0 Å². The molecule has 12 heteroatoms. The van der Waals surface area contributed by atoms with Gasteiger partial charge in [-0.25, -0.2) is 0 Å².